The molecule has 0 rings (SSSR count). The Balaban J connectivity index is -0.000000143. The number of hydrogen-bond acceptors (Lipinski definition) is 4. The molecule has 0 unspecified atom stereocenters. The predicted molar refractivity (Wildman–Crippen MR) is 39.7 cm³/mol. The number of nitrogens with zero attached hydrogens (tertiary/aromatic N) is 1. The topological polar surface area (TPSA) is 71.5 Å². The van der Waals surface area contributed by atoms with Gasteiger partial charge in [0.1, 0.15) is 0 Å². The Hall–Kier alpha value is -0.832. The van der Waals surface area contributed by atoms with Crippen molar-refractivity contribution in [2.75, 3.05) is 7.05 Å². The van der Waals surface area contributed by atoms with E-state index in [2.05, 4.69) is 0 Å². The molecule has 0 saturated heterocycles. The molecule has 0 aliphatic heterocycles. The second-order valence-electron chi connectivity index (χ2n) is 1.70. The molecule has 0 heterocycles. The molecule has 2 amide bonds. The van der Waals surface area contributed by atoms with Gasteiger partial charge >= 0.3 is 0 Å². The standard InChI is InChI=1S/C4H4O2.C3H3NO2.W/c2*1-4(2-5)3-6;/h4H,1H3;1H3;/q2*-2;. The molecule has 0 bridgehead atoms. The first-order chi connectivity index (χ1) is 5.62. The monoisotopic (exact) mass is 353 g/mol. The fourth-order valence-corrected chi connectivity index (χ4v) is 0.0427. The van der Waals surface area contributed by atoms with E-state index in [-0.39, 0.29) is 21.1 Å². The average molecular weight is 353 g/mol. The largest absolute Gasteiger partial charge is 0.639 e. The van der Waals surface area contributed by atoms with Crippen molar-refractivity contribution in [2.24, 2.45) is 5.92 Å². The van der Waals surface area contributed by atoms with Gasteiger partial charge in [0.2, 0.25) is 0 Å². The molecule has 0 fully saturated rings. The SMILES string of the molecule is CC([C-]=O)[C-]=O.CN([C-]=O)[C-]=O.[W]. The molecule has 0 spiro atoms. The summed E-state index contributed by atoms with van der Waals surface area (Å²) < 4.78 is 0. The minimum Gasteiger partial charge on any atom is -0.639 e. The van der Waals surface area contributed by atoms with Crippen molar-refractivity contribution in [2.45, 2.75) is 6.92 Å². The summed E-state index contributed by atoms with van der Waals surface area (Å²) in [4.78, 5) is 37.9. The van der Waals surface area contributed by atoms with Crippen LogP contribution in [0.3, 0.4) is 0 Å². The van der Waals surface area contributed by atoms with Gasteiger partial charge in [-0.3, -0.25) is 12.6 Å². The fourth-order valence-electron chi connectivity index (χ4n) is 0.0427. The van der Waals surface area contributed by atoms with Crippen LogP contribution in [0.15, 0.2) is 0 Å². The summed E-state index contributed by atoms with van der Waals surface area (Å²) in [7, 11) is 1.26. The van der Waals surface area contributed by atoms with E-state index in [0.717, 1.165) is 0 Å². The van der Waals surface area contributed by atoms with Gasteiger partial charge in [-0.1, -0.05) is 0 Å². The maximum absolute atomic E-state index is 9.35. The molecule has 13 heavy (non-hydrogen) atoms. The maximum Gasteiger partial charge on any atom is 0 e. The summed E-state index contributed by atoms with van der Waals surface area (Å²) >= 11 is 0. The van der Waals surface area contributed by atoms with E-state index in [1.165, 1.54) is 39.4 Å². The zero-order valence-corrected chi connectivity index (χ0v) is 10.00. The van der Waals surface area contributed by atoms with Crippen molar-refractivity contribution < 1.29 is 40.2 Å². The van der Waals surface area contributed by atoms with Crippen molar-refractivity contribution in [1.29, 1.82) is 0 Å². The molecule has 0 aromatic rings. The molecule has 0 N–H and O–H groups in total. The number of amides is 2. The van der Waals surface area contributed by atoms with Gasteiger partial charge in [-0.25, -0.2) is 5.92 Å². The number of imide groups is 1. The van der Waals surface area contributed by atoms with Crippen LogP contribution in [-0.2, 0) is 40.2 Å². The first kappa shape index (κ1) is 18.1. The minimum atomic E-state index is -0.676. The van der Waals surface area contributed by atoms with E-state index >= 15 is 0 Å². The minimum absolute atomic E-state index is 0. The van der Waals surface area contributed by atoms with Gasteiger partial charge in [0.15, 0.2) is 0 Å². The van der Waals surface area contributed by atoms with Crippen LogP contribution in [0, 0.1) is 5.92 Å². The predicted octanol–water partition coefficient (Wildman–Crippen LogP) is -1.11. The van der Waals surface area contributed by atoms with Crippen LogP contribution >= 0.6 is 0 Å². The quantitative estimate of drug-likeness (QED) is 0.365. The van der Waals surface area contributed by atoms with E-state index in [1.807, 2.05) is 0 Å². The van der Waals surface area contributed by atoms with Crippen LogP contribution in [0.1, 0.15) is 6.92 Å². The van der Waals surface area contributed by atoms with Gasteiger partial charge in [-0.2, -0.15) is 12.8 Å². The summed E-state index contributed by atoms with van der Waals surface area (Å²) in [5.74, 6) is -0.676. The van der Waals surface area contributed by atoms with Crippen LogP contribution in [0.4, 0.5) is 0 Å². The molecule has 0 atom stereocenters. The Morgan fingerprint density at radius 3 is 1.31 bits per heavy atom. The van der Waals surface area contributed by atoms with Gasteiger partial charge in [-0.05, 0) is 7.05 Å². The van der Waals surface area contributed by atoms with E-state index in [9.17, 15) is 19.2 Å². The molecular weight excluding hydrogens is 346 g/mol. The van der Waals surface area contributed by atoms with Gasteiger partial charge in [-0.15, -0.1) is 6.92 Å². The van der Waals surface area contributed by atoms with Gasteiger partial charge in [0.05, 0.1) is 0 Å². The van der Waals surface area contributed by atoms with Gasteiger partial charge in [0.25, 0.3) is 0 Å². The zero-order chi connectivity index (χ0) is 9.98. The molecule has 0 radical (unpaired) electrons. The van der Waals surface area contributed by atoms with Gasteiger partial charge in [0, 0.05) is 21.1 Å². The van der Waals surface area contributed by atoms with E-state index in [1.54, 1.807) is 0 Å². The van der Waals surface area contributed by atoms with Crippen LogP contribution < -0.4 is 0 Å². The molecule has 74 valence electrons. The summed E-state index contributed by atoms with van der Waals surface area (Å²) in [6.07, 6.45) is 5.43. The summed E-state index contributed by atoms with van der Waals surface area (Å²) in [6, 6.07) is 0. The summed E-state index contributed by atoms with van der Waals surface area (Å²) in [5, 5.41) is 0. The van der Waals surface area contributed by atoms with Crippen molar-refractivity contribution in [1.82, 2.24) is 4.90 Å². The third-order valence-corrected chi connectivity index (χ3v) is 0.627. The molecule has 0 aliphatic carbocycles. The summed E-state index contributed by atoms with van der Waals surface area (Å²) in [6.45, 7) is 1.43. The molecule has 0 aliphatic rings. The fraction of sp³-hybridized carbons (Fsp3) is 0.429. The Labute approximate surface area is 90.7 Å². The Bertz CT molecular complexity index is 129. The van der Waals surface area contributed by atoms with Crippen molar-refractivity contribution in [3.05, 3.63) is 0 Å². The van der Waals surface area contributed by atoms with E-state index in [0.29, 0.717) is 4.90 Å². The third kappa shape index (κ3) is 18.3. The molecule has 0 aromatic heterocycles. The Morgan fingerprint density at radius 2 is 1.31 bits per heavy atom. The van der Waals surface area contributed by atoms with Crippen molar-refractivity contribution in [3.63, 3.8) is 0 Å². The van der Waals surface area contributed by atoms with Crippen LogP contribution in [0.5, 0.6) is 0 Å². The number of hydrogen-bond donors (Lipinski definition) is 0. The number of carbonyl (C=O) groups excluding carboxylic acids is 4. The van der Waals surface area contributed by atoms with E-state index < -0.39 is 5.92 Å². The van der Waals surface area contributed by atoms with Crippen molar-refractivity contribution >= 4 is 25.4 Å². The van der Waals surface area contributed by atoms with Crippen molar-refractivity contribution in [3.8, 4) is 0 Å². The second kappa shape index (κ2) is 13.7. The third-order valence-electron chi connectivity index (χ3n) is 0.627. The maximum atomic E-state index is 9.35. The Morgan fingerprint density at radius 1 is 1.00 bits per heavy atom. The van der Waals surface area contributed by atoms with Gasteiger partial charge < -0.3 is 24.1 Å². The molecule has 0 aromatic carbocycles. The normalized spacial score (nSPS) is 7.00. The first-order valence-corrected chi connectivity index (χ1v) is 2.87. The van der Waals surface area contributed by atoms with Crippen LogP contribution in [0.25, 0.3) is 0 Å². The molecule has 6 heteroatoms. The molecule has 5 nitrogen and oxygen atoms in total. The summed E-state index contributed by atoms with van der Waals surface area (Å²) in [5.41, 5.74) is 0. The second-order valence-corrected chi connectivity index (χ2v) is 1.70. The number of rotatable bonds is 4. The Kier molecular flexibility index (Phi) is 19.1. The zero-order valence-electron chi connectivity index (χ0n) is 7.07. The average Bonchev–Trinajstić information content (AvgIpc) is 2.16. The smallest absolute Gasteiger partial charge is 0 e. The van der Waals surface area contributed by atoms with Crippen LogP contribution in [-0.4, -0.2) is 37.3 Å². The first-order valence-electron chi connectivity index (χ1n) is 2.87. The van der Waals surface area contributed by atoms with E-state index in [4.69, 9.17) is 0 Å². The molecular formula is C7H7NO4W-4. The molecule has 0 saturated carbocycles. The van der Waals surface area contributed by atoms with Crippen LogP contribution in [0.2, 0.25) is 0 Å².